The molecule has 4 rings (SSSR count). The standard InChI is InChI=1S/C29H43F3N4O5Si/c1-27(2,3)41-26(38)35-11-9-22(10-12-35)40-23-8-7-20-16-36(17-21(20)15-23)28(19-39-13-14-42(4,5)6)18-33-34-25(37)24(28)29(30,31)32/h7-8,15,18,22,24H,9-14,16-17,19H2,1-6H3,(H,34,37). The van der Waals surface area contributed by atoms with Crippen molar-refractivity contribution in [2.24, 2.45) is 11.0 Å². The number of nitrogens with one attached hydrogen (secondary N) is 1. The van der Waals surface area contributed by atoms with Gasteiger partial charge in [0.05, 0.1) is 6.61 Å². The largest absolute Gasteiger partial charge is 0.490 e. The van der Waals surface area contributed by atoms with Crippen LogP contribution in [0.2, 0.25) is 25.7 Å². The number of hydrogen-bond donors (Lipinski definition) is 1. The van der Waals surface area contributed by atoms with Crippen molar-refractivity contribution in [2.75, 3.05) is 26.3 Å². The summed E-state index contributed by atoms with van der Waals surface area (Å²) in [5.41, 5.74) is 1.37. The van der Waals surface area contributed by atoms with Gasteiger partial charge in [-0.25, -0.2) is 10.2 Å². The van der Waals surface area contributed by atoms with Crippen molar-refractivity contribution in [1.82, 2.24) is 15.2 Å². The number of likely N-dealkylation sites (tertiary alicyclic amines) is 1. The molecule has 3 heterocycles. The first-order chi connectivity index (χ1) is 19.5. The first-order valence-corrected chi connectivity index (χ1v) is 18.2. The Morgan fingerprint density at radius 2 is 1.79 bits per heavy atom. The van der Waals surface area contributed by atoms with Crippen molar-refractivity contribution in [3.05, 3.63) is 29.3 Å². The second-order valence-corrected chi connectivity index (χ2v) is 19.3. The summed E-state index contributed by atoms with van der Waals surface area (Å²) in [6.07, 6.45) is -2.76. The van der Waals surface area contributed by atoms with Crippen LogP contribution in [-0.4, -0.2) is 85.8 Å². The number of nitrogens with zero attached hydrogens (tertiary/aromatic N) is 3. The van der Waals surface area contributed by atoms with E-state index in [2.05, 4.69) is 24.7 Å². The Bertz CT molecular complexity index is 1180. The van der Waals surface area contributed by atoms with Gasteiger partial charge in [0.2, 0.25) is 0 Å². The van der Waals surface area contributed by atoms with E-state index in [1.54, 1.807) is 9.80 Å². The normalized spacial score (nSPS) is 24.0. The lowest BCUT2D eigenvalue weighted by atomic mass is 9.81. The number of carbonyl (C=O) groups excluding carboxylic acids is 2. The highest BCUT2D eigenvalue weighted by atomic mass is 28.3. The van der Waals surface area contributed by atoms with E-state index in [0.29, 0.717) is 38.3 Å². The van der Waals surface area contributed by atoms with Gasteiger partial charge in [-0.05, 0) is 50.1 Å². The average molecular weight is 613 g/mol. The van der Waals surface area contributed by atoms with Crippen LogP contribution in [0.15, 0.2) is 23.3 Å². The summed E-state index contributed by atoms with van der Waals surface area (Å²) in [6, 6.07) is 6.34. The minimum atomic E-state index is -4.80. The zero-order valence-corrected chi connectivity index (χ0v) is 26.3. The molecule has 0 radical (unpaired) electrons. The molecule has 1 saturated heterocycles. The molecule has 2 unspecified atom stereocenters. The van der Waals surface area contributed by atoms with E-state index < -0.39 is 37.2 Å². The Kier molecular flexibility index (Phi) is 9.34. The summed E-state index contributed by atoms with van der Waals surface area (Å²) in [6.45, 7) is 13.4. The molecule has 2 atom stereocenters. The molecular formula is C29H43F3N4O5Si. The topological polar surface area (TPSA) is 92.7 Å². The third kappa shape index (κ3) is 7.84. The molecule has 9 nitrogen and oxygen atoms in total. The van der Waals surface area contributed by atoms with Crippen molar-refractivity contribution < 1.29 is 37.0 Å². The van der Waals surface area contributed by atoms with Crippen molar-refractivity contribution in [1.29, 1.82) is 0 Å². The fourth-order valence-electron chi connectivity index (χ4n) is 5.51. The molecular weight excluding hydrogens is 569 g/mol. The first kappa shape index (κ1) is 32.3. The summed E-state index contributed by atoms with van der Waals surface area (Å²) in [5, 5.41) is 3.84. The lowest BCUT2D eigenvalue weighted by Crippen LogP contribution is -2.66. The van der Waals surface area contributed by atoms with Gasteiger partial charge in [-0.2, -0.15) is 18.3 Å². The summed E-state index contributed by atoms with van der Waals surface area (Å²) in [7, 11) is -1.48. The molecule has 0 bridgehead atoms. The van der Waals surface area contributed by atoms with Gasteiger partial charge in [0, 0.05) is 59.9 Å². The fraction of sp³-hybridized carbons (Fsp3) is 0.690. The molecule has 0 saturated carbocycles. The predicted octanol–water partition coefficient (Wildman–Crippen LogP) is 5.17. The molecule has 234 valence electrons. The van der Waals surface area contributed by atoms with Gasteiger partial charge in [-0.15, -0.1) is 0 Å². The molecule has 42 heavy (non-hydrogen) atoms. The van der Waals surface area contributed by atoms with Crippen LogP contribution in [-0.2, 0) is 27.4 Å². The zero-order chi connectivity index (χ0) is 30.9. The van der Waals surface area contributed by atoms with Gasteiger partial charge in [0.1, 0.15) is 23.0 Å². The molecule has 0 aromatic heterocycles. The molecule has 2 amide bonds. The van der Waals surface area contributed by atoms with Crippen LogP contribution >= 0.6 is 0 Å². The van der Waals surface area contributed by atoms with E-state index in [0.717, 1.165) is 17.2 Å². The van der Waals surface area contributed by atoms with Crippen LogP contribution in [0, 0.1) is 5.92 Å². The lowest BCUT2D eigenvalue weighted by Gasteiger charge is -2.45. The number of halogens is 3. The van der Waals surface area contributed by atoms with Crippen LogP contribution in [0.4, 0.5) is 18.0 Å². The fourth-order valence-corrected chi connectivity index (χ4v) is 6.27. The van der Waals surface area contributed by atoms with E-state index >= 15 is 0 Å². The van der Waals surface area contributed by atoms with Crippen molar-refractivity contribution in [2.45, 2.75) is 95.8 Å². The Morgan fingerprint density at radius 1 is 1.12 bits per heavy atom. The Hall–Kier alpha value is -2.64. The highest BCUT2D eigenvalue weighted by Gasteiger charge is 2.62. The number of fused-ring (bicyclic) bond motifs is 1. The molecule has 1 N–H and O–H groups in total. The summed E-state index contributed by atoms with van der Waals surface area (Å²) in [5.74, 6) is -2.89. The summed E-state index contributed by atoms with van der Waals surface area (Å²) in [4.78, 5) is 28.3. The van der Waals surface area contributed by atoms with E-state index in [9.17, 15) is 22.8 Å². The number of ether oxygens (including phenoxy) is 3. The Labute approximate surface area is 246 Å². The molecule has 1 fully saturated rings. The molecule has 3 aliphatic rings. The Balaban J connectivity index is 1.46. The maximum atomic E-state index is 14.4. The Morgan fingerprint density at radius 3 is 2.40 bits per heavy atom. The molecule has 0 aliphatic carbocycles. The SMILES string of the molecule is CC(C)(C)OC(=O)N1CCC(Oc2ccc3c(c2)CN(C2(COCC[Si](C)(C)C)C=NNC(=O)C2C(F)(F)F)C3)CC1. The number of amides is 2. The van der Waals surface area contributed by atoms with Crippen LogP contribution in [0.5, 0.6) is 5.75 Å². The minimum absolute atomic E-state index is 0.103. The quantitative estimate of drug-likeness (QED) is 0.322. The maximum absolute atomic E-state index is 14.4. The average Bonchev–Trinajstić information content (AvgIpc) is 3.29. The van der Waals surface area contributed by atoms with Gasteiger partial charge in [0.25, 0.3) is 5.91 Å². The highest BCUT2D eigenvalue weighted by Crippen LogP contribution is 2.43. The minimum Gasteiger partial charge on any atom is -0.490 e. The third-order valence-electron chi connectivity index (χ3n) is 7.77. The van der Waals surface area contributed by atoms with Crippen molar-refractivity contribution in [3.63, 3.8) is 0 Å². The van der Waals surface area contributed by atoms with Crippen molar-refractivity contribution >= 4 is 26.3 Å². The van der Waals surface area contributed by atoms with Crippen LogP contribution < -0.4 is 10.2 Å². The number of rotatable bonds is 8. The van der Waals surface area contributed by atoms with E-state index in [1.165, 1.54) is 6.21 Å². The van der Waals surface area contributed by atoms with Gasteiger partial charge >= 0.3 is 12.3 Å². The second-order valence-electron chi connectivity index (χ2n) is 13.6. The van der Waals surface area contributed by atoms with Crippen LogP contribution in [0.1, 0.15) is 44.7 Å². The lowest BCUT2D eigenvalue weighted by molar-refractivity contribution is -0.210. The second kappa shape index (κ2) is 12.2. The van der Waals surface area contributed by atoms with Crippen molar-refractivity contribution in [3.8, 4) is 5.75 Å². The van der Waals surface area contributed by atoms with Crippen LogP contribution in [0.25, 0.3) is 0 Å². The van der Waals surface area contributed by atoms with E-state index in [-0.39, 0.29) is 31.9 Å². The molecule has 13 heteroatoms. The summed E-state index contributed by atoms with van der Waals surface area (Å²) < 4.78 is 60.8. The van der Waals surface area contributed by atoms with Gasteiger partial charge in [-0.3, -0.25) is 9.69 Å². The molecule has 0 spiro atoms. The number of piperidine rings is 1. The number of alkyl halides is 3. The number of carbonyl (C=O) groups is 2. The zero-order valence-electron chi connectivity index (χ0n) is 25.3. The number of hydrogen-bond acceptors (Lipinski definition) is 7. The van der Waals surface area contributed by atoms with Gasteiger partial charge in [0.15, 0.2) is 5.92 Å². The molecule has 1 aromatic carbocycles. The molecule has 1 aromatic rings. The van der Waals surface area contributed by atoms with E-state index in [4.69, 9.17) is 14.2 Å². The number of benzene rings is 1. The van der Waals surface area contributed by atoms with Gasteiger partial charge in [-0.1, -0.05) is 25.7 Å². The number of hydrazone groups is 1. The van der Waals surface area contributed by atoms with Crippen LogP contribution in [0.3, 0.4) is 0 Å². The first-order valence-electron chi connectivity index (χ1n) is 14.5. The summed E-state index contributed by atoms with van der Waals surface area (Å²) >= 11 is 0. The monoisotopic (exact) mass is 612 g/mol. The maximum Gasteiger partial charge on any atom is 0.410 e. The smallest absolute Gasteiger partial charge is 0.410 e. The van der Waals surface area contributed by atoms with Gasteiger partial charge < -0.3 is 19.1 Å². The predicted molar refractivity (Wildman–Crippen MR) is 155 cm³/mol. The van der Waals surface area contributed by atoms with E-state index in [1.807, 2.05) is 44.4 Å². The molecule has 3 aliphatic heterocycles. The highest BCUT2D eigenvalue weighted by molar-refractivity contribution is 6.76. The third-order valence-corrected chi connectivity index (χ3v) is 9.47.